The van der Waals surface area contributed by atoms with Crippen LogP contribution in [0.5, 0.6) is 0 Å². The number of halogens is 4. The Kier molecular flexibility index (Phi) is 4.20. The molecule has 1 atom stereocenters. The lowest BCUT2D eigenvalue weighted by molar-refractivity contribution is -0.137. The molecule has 0 aromatic carbocycles. The van der Waals surface area contributed by atoms with E-state index in [1.165, 1.54) is 0 Å². The van der Waals surface area contributed by atoms with Crippen LogP contribution in [0, 0.1) is 0 Å². The van der Waals surface area contributed by atoms with Crippen molar-refractivity contribution < 1.29 is 13.2 Å². The molecule has 0 amide bonds. The van der Waals surface area contributed by atoms with Gasteiger partial charge in [-0.05, 0) is 26.0 Å². The first-order chi connectivity index (χ1) is 8.93. The first-order valence-corrected chi connectivity index (χ1v) is 6.45. The average molecular weight is 294 g/mol. The van der Waals surface area contributed by atoms with E-state index in [1.807, 2.05) is 11.9 Å². The predicted octanol–water partition coefficient (Wildman–Crippen LogP) is 2.94. The molecule has 0 saturated carbocycles. The molecule has 0 aliphatic carbocycles. The van der Waals surface area contributed by atoms with Gasteiger partial charge < -0.3 is 10.2 Å². The largest absolute Gasteiger partial charge is 0.417 e. The number of likely N-dealkylation sites (N-methyl/N-ethyl adjacent to an activating group) is 1. The normalized spacial score (nSPS) is 20.1. The minimum absolute atomic E-state index is 0.0535. The summed E-state index contributed by atoms with van der Waals surface area (Å²) < 4.78 is 37.7. The monoisotopic (exact) mass is 293 g/mol. The summed E-state index contributed by atoms with van der Waals surface area (Å²) in [4.78, 5) is 5.88. The van der Waals surface area contributed by atoms with Gasteiger partial charge in [0.05, 0.1) is 10.6 Å². The van der Waals surface area contributed by atoms with Crippen molar-refractivity contribution in [2.75, 3.05) is 25.0 Å². The van der Waals surface area contributed by atoms with Crippen molar-refractivity contribution in [2.24, 2.45) is 0 Å². The van der Waals surface area contributed by atoms with Crippen molar-refractivity contribution in [3.8, 4) is 0 Å². The number of alkyl halides is 3. The van der Waals surface area contributed by atoms with Crippen LogP contribution in [0.1, 0.15) is 18.4 Å². The second-order valence-electron chi connectivity index (χ2n) is 4.57. The number of nitrogens with zero attached hydrogens (tertiary/aromatic N) is 2. The van der Waals surface area contributed by atoms with E-state index < -0.39 is 11.7 Å². The molecule has 0 spiro atoms. The Morgan fingerprint density at radius 1 is 1.53 bits per heavy atom. The Morgan fingerprint density at radius 3 is 2.84 bits per heavy atom. The second kappa shape index (κ2) is 5.54. The molecule has 1 saturated heterocycles. The number of hydrogen-bond donors (Lipinski definition) is 1. The SMILES string of the molecule is CNCC1CCCN1c1ncc(C(F)(F)F)cc1Cl. The van der Waals surface area contributed by atoms with Crippen LogP contribution in [-0.4, -0.2) is 31.2 Å². The van der Waals surface area contributed by atoms with Gasteiger partial charge in [-0.25, -0.2) is 4.98 Å². The fourth-order valence-electron chi connectivity index (χ4n) is 2.36. The second-order valence-corrected chi connectivity index (χ2v) is 4.98. The van der Waals surface area contributed by atoms with Gasteiger partial charge >= 0.3 is 6.18 Å². The van der Waals surface area contributed by atoms with E-state index in [-0.39, 0.29) is 11.1 Å². The number of pyridine rings is 1. The lowest BCUT2D eigenvalue weighted by atomic mass is 10.2. The molecule has 1 aromatic heterocycles. The van der Waals surface area contributed by atoms with E-state index in [2.05, 4.69) is 10.3 Å². The minimum Gasteiger partial charge on any atom is -0.351 e. The zero-order chi connectivity index (χ0) is 14.0. The number of nitrogens with one attached hydrogen (secondary N) is 1. The summed E-state index contributed by atoms with van der Waals surface area (Å²) in [5.41, 5.74) is -0.814. The van der Waals surface area contributed by atoms with E-state index in [9.17, 15) is 13.2 Å². The quantitative estimate of drug-likeness (QED) is 0.929. The first-order valence-electron chi connectivity index (χ1n) is 6.07. The van der Waals surface area contributed by atoms with Crippen molar-refractivity contribution in [3.05, 3.63) is 22.8 Å². The molecule has 19 heavy (non-hydrogen) atoms. The summed E-state index contributed by atoms with van der Waals surface area (Å²) in [7, 11) is 1.85. The van der Waals surface area contributed by atoms with Gasteiger partial charge in [-0.2, -0.15) is 13.2 Å². The number of rotatable bonds is 3. The third-order valence-electron chi connectivity index (χ3n) is 3.24. The predicted molar refractivity (Wildman–Crippen MR) is 68.5 cm³/mol. The summed E-state index contributed by atoms with van der Waals surface area (Å²) in [6.45, 7) is 1.53. The third kappa shape index (κ3) is 3.12. The molecule has 1 aliphatic rings. The van der Waals surface area contributed by atoms with Crippen molar-refractivity contribution in [1.82, 2.24) is 10.3 Å². The van der Waals surface area contributed by atoms with Crippen LogP contribution in [0.4, 0.5) is 19.0 Å². The van der Waals surface area contributed by atoms with Crippen LogP contribution >= 0.6 is 11.6 Å². The van der Waals surface area contributed by atoms with E-state index in [0.717, 1.165) is 38.2 Å². The Balaban J connectivity index is 2.26. The molecular weight excluding hydrogens is 279 g/mol. The number of anilines is 1. The smallest absolute Gasteiger partial charge is 0.351 e. The van der Waals surface area contributed by atoms with Crippen LogP contribution in [0.2, 0.25) is 5.02 Å². The van der Waals surface area contributed by atoms with Crippen LogP contribution < -0.4 is 10.2 Å². The lowest BCUT2D eigenvalue weighted by Gasteiger charge is -2.26. The van der Waals surface area contributed by atoms with Gasteiger partial charge in [-0.3, -0.25) is 0 Å². The highest BCUT2D eigenvalue weighted by Crippen LogP contribution is 2.35. The summed E-state index contributed by atoms with van der Waals surface area (Å²) >= 11 is 5.96. The Hall–Kier alpha value is -1.01. The highest BCUT2D eigenvalue weighted by molar-refractivity contribution is 6.33. The maximum atomic E-state index is 12.6. The fraction of sp³-hybridized carbons (Fsp3) is 0.583. The Labute approximate surface area is 114 Å². The molecule has 0 bridgehead atoms. The van der Waals surface area contributed by atoms with Crippen molar-refractivity contribution in [1.29, 1.82) is 0 Å². The molecule has 2 rings (SSSR count). The molecule has 3 nitrogen and oxygen atoms in total. The molecule has 106 valence electrons. The molecule has 1 aliphatic heterocycles. The molecule has 2 heterocycles. The molecule has 0 radical (unpaired) electrons. The summed E-state index contributed by atoms with van der Waals surface area (Å²) in [6, 6.07) is 1.17. The van der Waals surface area contributed by atoms with E-state index in [1.54, 1.807) is 0 Å². The molecule has 7 heteroatoms. The van der Waals surface area contributed by atoms with Gasteiger partial charge in [0.1, 0.15) is 5.82 Å². The topological polar surface area (TPSA) is 28.2 Å². The Bertz CT molecular complexity index is 450. The van der Waals surface area contributed by atoms with Crippen LogP contribution in [0.3, 0.4) is 0 Å². The summed E-state index contributed by atoms with van der Waals surface area (Å²) in [5, 5.41) is 3.13. The van der Waals surface area contributed by atoms with Gasteiger partial charge in [0.2, 0.25) is 0 Å². The van der Waals surface area contributed by atoms with E-state index in [4.69, 9.17) is 11.6 Å². The molecule has 1 aromatic rings. The van der Waals surface area contributed by atoms with Gasteiger partial charge in [0.25, 0.3) is 0 Å². The highest BCUT2D eigenvalue weighted by Gasteiger charge is 2.33. The number of hydrogen-bond acceptors (Lipinski definition) is 3. The molecule has 1 N–H and O–H groups in total. The first kappa shape index (κ1) is 14.4. The van der Waals surface area contributed by atoms with E-state index >= 15 is 0 Å². The van der Waals surface area contributed by atoms with Gasteiger partial charge in [0.15, 0.2) is 0 Å². The summed E-state index contributed by atoms with van der Waals surface area (Å²) in [6.07, 6.45) is -1.59. The standard InChI is InChI=1S/C12H15ClF3N3/c1-17-7-9-3-2-4-19(9)11-10(13)5-8(6-18-11)12(14,15)16/h5-6,9,17H,2-4,7H2,1H3. The van der Waals surface area contributed by atoms with Crippen LogP contribution in [0.15, 0.2) is 12.3 Å². The molecule has 1 unspecified atom stereocenters. The van der Waals surface area contributed by atoms with Gasteiger partial charge in [-0.15, -0.1) is 0 Å². The zero-order valence-electron chi connectivity index (χ0n) is 10.5. The van der Waals surface area contributed by atoms with Crippen molar-refractivity contribution in [3.63, 3.8) is 0 Å². The van der Waals surface area contributed by atoms with Crippen molar-refractivity contribution >= 4 is 17.4 Å². The molecular formula is C12H15ClF3N3. The Morgan fingerprint density at radius 2 is 2.26 bits per heavy atom. The zero-order valence-corrected chi connectivity index (χ0v) is 11.2. The van der Waals surface area contributed by atoms with Crippen LogP contribution in [-0.2, 0) is 6.18 Å². The lowest BCUT2D eigenvalue weighted by Crippen LogP contribution is -2.37. The van der Waals surface area contributed by atoms with Crippen molar-refractivity contribution in [2.45, 2.75) is 25.1 Å². The van der Waals surface area contributed by atoms with Crippen LogP contribution in [0.25, 0.3) is 0 Å². The average Bonchev–Trinajstić information content (AvgIpc) is 2.76. The number of aromatic nitrogens is 1. The van der Waals surface area contributed by atoms with Gasteiger partial charge in [-0.1, -0.05) is 11.6 Å². The summed E-state index contributed by atoms with van der Waals surface area (Å²) in [5.74, 6) is 0.437. The maximum absolute atomic E-state index is 12.6. The molecule has 1 fully saturated rings. The fourth-order valence-corrected chi connectivity index (χ4v) is 2.63. The maximum Gasteiger partial charge on any atom is 0.417 e. The van der Waals surface area contributed by atoms with E-state index in [0.29, 0.717) is 5.82 Å². The highest BCUT2D eigenvalue weighted by atomic mass is 35.5. The van der Waals surface area contributed by atoms with Gasteiger partial charge in [0, 0.05) is 25.3 Å². The third-order valence-corrected chi connectivity index (χ3v) is 3.52. The minimum atomic E-state index is -4.41.